The highest BCUT2D eigenvalue weighted by Crippen LogP contribution is 2.36. The van der Waals surface area contributed by atoms with Gasteiger partial charge in [-0.15, -0.1) is 0 Å². The smallest absolute Gasteiger partial charge is 0.307 e. The molecule has 20 heavy (non-hydrogen) atoms. The summed E-state index contributed by atoms with van der Waals surface area (Å²) in [5.74, 6) is -2.07. The second-order valence-corrected chi connectivity index (χ2v) is 5.19. The van der Waals surface area contributed by atoms with Crippen LogP contribution in [0.3, 0.4) is 0 Å². The van der Waals surface area contributed by atoms with Gasteiger partial charge in [-0.2, -0.15) is 0 Å². The Labute approximate surface area is 118 Å². The molecule has 1 heterocycles. The van der Waals surface area contributed by atoms with Gasteiger partial charge in [0.05, 0.1) is 16.9 Å². The van der Waals surface area contributed by atoms with Gasteiger partial charge in [0.15, 0.2) is 11.5 Å². The van der Waals surface area contributed by atoms with E-state index in [9.17, 15) is 14.3 Å². The largest absolute Gasteiger partial charge is 0.481 e. The second kappa shape index (κ2) is 4.90. The third-order valence-corrected chi connectivity index (χ3v) is 3.80. The van der Waals surface area contributed by atoms with Gasteiger partial charge < -0.3 is 9.52 Å². The molecular weight excluding hydrogens is 285 g/mol. The van der Waals surface area contributed by atoms with Crippen molar-refractivity contribution < 1.29 is 18.7 Å². The number of carboxylic acids is 1. The van der Waals surface area contributed by atoms with Crippen molar-refractivity contribution >= 4 is 28.7 Å². The first-order chi connectivity index (χ1) is 9.56. The number of fused-ring (bicyclic) bond motifs is 1. The summed E-state index contributed by atoms with van der Waals surface area (Å²) in [6.45, 7) is 0. The lowest BCUT2D eigenvalue weighted by Gasteiger charge is -2.21. The van der Waals surface area contributed by atoms with Crippen molar-refractivity contribution in [1.29, 1.82) is 0 Å². The molecule has 4 nitrogen and oxygen atoms in total. The van der Waals surface area contributed by atoms with E-state index >= 15 is 0 Å². The number of hydrogen-bond acceptors (Lipinski definition) is 3. The van der Waals surface area contributed by atoms with Crippen molar-refractivity contribution in [3.8, 4) is 0 Å². The molecule has 0 fully saturated rings. The van der Waals surface area contributed by atoms with E-state index in [1.54, 1.807) is 0 Å². The topological polar surface area (TPSA) is 63.3 Å². The number of halogens is 2. The first-order valence-corrected chi connectivity index (χ1v) is 6.57. The van der Waals surface area contributed by atoms with Gasteiger partial charge in [-0.05, 0) is 18.9 Å². The van der Waals surface area contributed by atoms with Gasteiger partial charge in [-0.1, -0.05) is 23.8 Å². The predicted molar refractivity (Wildman–Crippen MR) is 71.2 cm³/mol. The molecule has 0 aliphatic heterocycles. The molecule has 0 unspecified atom stereocenters. The Bertz CT molecular complexity index is 671. The molecular formula is C14H11ClFNO3. The summed E-state index contributed by atoms with van der Waals surface area (Å²) in [6.07, 6.45) is 4.73. The van der Waals surface area contributed by atoms with E-state index in [0.717, 1.165) is 0 Å². The summed E-state index contributed by atoms with van der Waals surface area (Å²) in [7, 11) is 0. The average molecular weight is 296 g/mol. The molecule has 1 aliphatic rings. The third-order valence-electron chi connectivity index (χ3n) is 3.51. The highest BCUT2D eigenvalue weighted by molar-refractivity contribution is 6.31. The summed E-state index contributed by atoms with van der Waals surface area (Å²) < 4.78 is 18.9. The Kier molecular flexibility index (Phi) is 3.22. The highest BCUT2D eigenvalue weighted by Gasteiger charge is 2.33. The van der Waals surface area contributed by atoms with Crippen LogP contribution in [-0.2, 0) is 4.79 Å². The van der Waals surface area contributed by atoms with E-state index in [0.29, 0.717) is 24.2 Å². The summed E-state index contributed by atoms with van der Waals surface area (Å²) in [5, 5.41) is 9.22. The molecule has 0 saturated heterocycles. The van der Waals surface area contributed by atoms with E-state index in [2.05, 4.69) is 4.98 Å². The molecule has 1 N–H and O–H groups in total. The fourth-order valence-corrected chi connectivity index (χ4v) is 2.62. The van der Waals surface area contributed by atoms with Crippen LogP contribution in [0.2, 0.25) is 5.02 Å². The fraction of sp³-hybridized carbons (Fsp3) is 0.286. The maximum Gasteiger partial charge on any atom is 0.307 e. The van der Waals surface area contributed by atoms with Gasteiger partial charge in [0.2, 0.25) is 0 Å². The standard InChI is InChI=1S/C14H11ClFNO3/c15-9-5-11-12(6-10(9)16)20-13(17-11)7-3-1-2-4-8(7)14(18)19/h1-2,5-8H,3-4H2,(H,18,19)/t7-,8+/m1/s1. The van der Waals surface area contributed by atoms with Crippen LogP contribution in [-0.4, -0.2) is 16.1 Å². The van der Waals surface area contributed by atoms with Crippen LogP contribution in [0.4, 0.5) is 4.39 Å². The summed E-state index contributed by atoms with van der Waals surface area (Å²) in [4.78, 5) is 15.5. The second-order valence-electron chi connectivity index (χ2n) is 4.78. The minimum absolute atomic E-state index is 0.0318. The maximum atomic E-state index is 13.4. The zero-order valence-corrected chi connectivity index (χ0v) is 11.1. The number of nitrogens with zero attached hydrogens (tertiary/aromatic N) is 1. The predicted octanol–water partition coefficient (Wildman–Crippen LogP) is 3.75. The number of aromatic nitrogens is 1. The molecule has 2 atom stereocenters. The molecule has 0 bridgehead atoms. The third kappa shape index (κ3) is 2.18. The lowest BCUT2D eigenvalue weighted by atomic mass is 9.83. The SMILES string of the molecule is O=C(O)[C@H]1CC=CC[C@H]1c1nc2cc(Cl)c(F)cc2o1. The van der Waals surface area contributed by atoms with Crippen molar-refractivity contribution in [2.75, 3.05) is 0 Å². The van der Waals surface area contributed by atoms with Gasteiger partial charge in [0.25, 0.3) is 0 Å². The molecule has 0 amide bonds. The lowest BCUT2D eigenvalue weighted by Crippen LogP contribution is -2.23. The molecule has 104 valence electrons. The minimum Gasteiger partial charge on any atom is -0.481 e. The van der Waals surface area contributed by atoms with Crippen LogP contribution in [0.5, 0.6) is 0 Å². The molecule has 2 aromatic rings. The Morgan fingerprint density at radius 3 is 2.90 bits per heavy atom. The normalized spacial score (nSPS) is 22.3. The van der Waals surface area contributed by atoms with Crippen LogP contribution >= 0.6 is 11.6 Å². The molecule has 6 heteroatoms. The van der Waals surface area contributed by atoms with E-state index < -0.39 is 17.7 Å². The summed E-state index contributed by atoms with van der Waals surface area (Å²) >= 11 is 5.70. The molecule has 1 aliphatic carbocycles. The van der Waals surface area contributed by atoms with Crippen molar-refractivity contribution in [3.05, 3.63) is 41.0 Å². The number of hydrogen-bond donors (Lipinski definition) is 1. The van der Waals surface area contributed by atoms with Gasteiger partial charge in [0.1, 0.15) is 11.3 Å². The van der Waals surface area contributed by atoms with E-state index in [1.165, 1.54) is 12.1 Å². The molecule has 0 saturated carbocycles. The van der Waals surface area contributed by atoms with Crippen molar-refractivity contribution in [2.24, 2.45) is 5.92 Å². The van der Waals surface area contributed by atoms with Gasteiger partial charge >= 0.3 is 5.97 Å². The Morgan fingerprint density at radius 1 is 1.40 bits per heavy atom. The van der Waals surface area contributed by atoms with Crippen LogP contribution in [0.15, 0.2) is 28.7 Å². The quantitative estimate of drug-likeness (QED) is 0.857. The Morgan fingerprint density at radius 2 is 2.15 bits per heavy atom. The Hall–Kier alpha value is -1.88. The van der Waals surface area contributed by atoms with Crippen molar-refractivity contribution in [3.63, 3.8) is 0 Å². The van der Waals surface area contributed by atoms with Crippen LogP contribution in [0.1, 0.15) is 24.7 Å². The number of oxazole rings is 1. The zero-order valence-electron chi connectivity index (χ0n) is 10.3. The number of rotatable bonds is 2. The summed E-state index contributed by atoms with van der Waals surface area (Å²) in [6, 6.07) is 2.55. The number of aliphatic carboxylic acids is 1. The summed E-state index contributed by atoms with van der Waals surface area (Å²) in [5.41, 5.74) is 0.714. The number of allylic oxidation sites excluding steroid dienone is 2. The lowest BCUT2D eigenvalue weighted by molar-refractivity contribution is -0.142. The van der Waals surface area contributed by atoms with Crippen molar-refractivity contribution in [1.82, 2.24) is 4.98 Å². The molecule has 1 aromatic heterocycles. The highest BCUT2D eigenvalue weighted by atomic mass is 35.5. The van der Waals surface area contributed by atoms with Gasteiger partial charge in [0, 0.05) is 6.07 Å². The Balaban J connectivity index is 2.05. The first kappa shape index (κ1) is 13.1. The molecule has 1 aromatic carbocycles. The van der Waals surface area contributed by atoms with Crippen LogP contribution in [0, 0.1) is 11.7 Å². The molecule has 0 spiro atoms. The van der Waals surface area contributed by atoms with Crippen LogP contribution in [0.25, 0.3) is 11.1 Å². The monoisotopic (exact) mass is 295 g/mol. The van der Waals surface area contributed by atoms with E-state index in [-0.39, 0.29) is 16.5 Å². The van der Waals surface area contributed by atoms with Crippen molar-refractivity contribution in [2.45, 2.75) is 18.8 Å². The van der Waals surface area contributed by atoms with Gasteiger partial charge in [-0.3, -0.25) is 4.79 Å². The maximum absolute atomic E-state index is 13.4. The number of benzene rings is 1. The van der Waals surface area contributed by atoms with E-state index in [4.69, 9.17) is 16.0 Å². The average Bonchev–Trinajstić information content (AvgIpc) is 2.82. The minimum atomic E-state index is -0.884. The first-order valence-electron chi connectivity index (χ1n) is 6.19. The van der Waals surface area contributed by atoms with Crippen LogP contribution < -0.4 is 0 Å². The zero-order chi connectivity index (χ0) is 14.3. The molecule has 3 rings (SSSR count). The van der Waals surface area contributed by atoms with E-state index in [1.807, 2.05) is 12.2 Å². The number of carboxylic acid groups (broad SMARTS) is 1. The fourth-order valence-electron chi connectivity index (χ4n) is 2.46. The van der Waals surface area contributed by atoms with Gasteiger partial charge in [-0.25, -0.2) is 9.37 Å². The number of carbonyl (C=O) groups is 1. The molecule has 0 radical (unpaired) electrons.